The van der Waals surface area contributed by atoms with E-state index in [1.807, 2.05) is 0 Å². The van der Waals surface area contributed by atoms with Crippen LogP contribution >= 0.6 is 0 Å². The Morgan fingerprint density at radius 3 is 1.86 bits per heavy atom. The van der Waals surface area contributed by atoms with Crippen LogP contribution in [-0.2, 0) is 0 Å². The van der Waals surface area contributed by atoms with E-state index >= 15 is 0 Å². The molecule has 2 rings (SSSR count). The average molecular weight is 195 g/mol. The highest BCUT2D eigenvalue weighted by Crippen LogP contribution is 2.39. The van der Waals surface area contributed by atoms with Crippen molar-refractivity contribution in [2.24, 2.45) is 23.5 Å². The minimum Gasteiger partial charge on any atom is -0.330 e. The lowest BCUT2D eigenvalue weighted by atomic mass is 9.71. The molecule has 0 aromatic rings. The molecule has 82 valence electrons. The van der Waals surface area contributed by atoms with Gasteiger partial charge in [-0.1, -0.05) is 32.1 Å². The standard InChI is InChI=1S/C13H25N/c14-10-11-6-8-13(9-7-11)12-4-2-1-3-5-12/h11-13H,1-10,14H2. The van der Waals surface area contributed by atoms with Crippen LogP contribution in [-0.4, -0.2) is 6.54 Å². The molecule has 0 atom stereocenters. The largest absolute Gasteiger partial charge is 0.330 e. The Hall–Kier alpha value is -0.0400. The maximum Gasteiger partial charge on any atom is -0.00489 e. The highest BCUT2D eigenvalue weighted by atomic mass is 14.6. The first-order valence-corrected chi connectivity index (χ1v) is 6.60. The first-order chi connectivity index (χ1) is 6.90. The molecule has 0 aliphatic heterocycles. The predicted molar refractivity (Wildman–Crippen MR) is 61.1 cm³/mol. The summed E-state index contributed by atoms with van der Waals surface area (Å²) in [6.45, 7) is 0.928. The molecule has 0 aromatic carbocycles. The zero-order valence-corrected chi connectivity index (χ0v) is 9.38. The molecular formula is C13H25N. The smallest absolute Gasteiger partial charge is 0.00489 e. The maximum absolute atomic E-state index is 5.73. The van der Waals surface area contributed by atoms with Gasteiger partial charge in [-0.15, -0.1) is 0 Å². The lowest BCUT2D eigenvalue weighted by Gasteiger charge is -2.35. The highest BCUT2D eigenvalue weighted by molar-refractivity contribution is 4.79. The third-order valence-electron chi connectivity index (χ3n) is 4.54. The van der Waals surface area contributed by atoms with E-state index in [2.05, 4.69) is 0 Å². The van der Waals surface area contributed by atoms with Crippen LogP contribution in [0, 0.1) is 17.8 Å². The van der Waals surface area contributed by atoms with Gasteiger partial charge in [0.05, 0.1) is 0 Å². The number of nitrogens with two attached hydrogens (primary N) is 1. The van der Waals surface area contributed by atoms with Gasteiger partial charge in [0.15, 0.2) is 0 Å². The molecule has 0 heterocycles. The molecule has 2 aliphatic rings. The molecule has 1 nitrogen and oxygen atoms in total. The van der Waals surface area contributed by atoms with Crippen LogP contribution in [0.2, 0.25) is 0 Å². The molecule has 0 unspecified atom stereocenters. The average Bonchev–Trinajstić information content (AvgIpc) is 2.30. The fourth-order valence-electron chi connectivity index (χ4n) is 3.50. The lowest BCUT2D eigenvalue weighted by molar-refractivity contribution is 0.169. The van der Waals surface area contributed by atoms with Crippen molar-refractivity contribution in [2.45, 2.75) is 57.8 Å². The Kier molecular flexibility index (Phi) is 3.86. The quantitative estimate of drug-likeness (QED) is 0.718. The summed E-state index contributed by atoms with van der Waals surface area (Å²) in [4.78, 5) is 0. The summed E-state index contributed by atoms with van der Waals surface area (Å²) in [6, 6.07) is 0. The maximum atomic E-state index is 5.73. The Balaban J connectivity index is 1.76. The van der Waals surface area contributed by atoms with Crippen LogP contribution in [0.25, 0.3) is 0 Å². The Bertz CT molecular complexity index is 153. The molecular weight excluding hydrogens is 170 g/mol. The molecule has 0 bridgehead atoms. The van der Waals surface area contributed by atoms with Crippen LogP contribution in [0.4, 0.5) is 0 Å². The van der Waals surface area contributed by atoms with E-state index in [-0.39, 0.29) is 0 Å². The topological polar surface area (TPSA) is 26.0 Å². The second kappa shape index (κ2) is 5.16. The van der Waals surface area contributed by atoms with Crippen molar-refractivity contribution in [3.8, 4) is 0 Å². The van der Waals surface area contributed by atoms with Gasteiger partial charge in [-0.05, 0) is 50.0 Å². The molecule has 0 saturated heterocycles. The third-order valence-corrected chi connectivity index (χ3v) is 4.54. The minimum absolute atomic E-state index is 0.856. The van der Waals surface area contributed by atoms with Gasteiger partial charge in [0.25, 0.3) is 0 Å². The van der Waals surface area contributed by atoms with E-state index in [0.29, 0.717) is 0 Å². The van der Waals surface area contributed by atoms with E-state index < -0.39 is 0 Å². The summed E-state index contributed by atoms with van der Waals surface area (Å²) in [6.07, 6.45) is 13.3. The Morgan fingerprint density at radius 2 is 1.29 bits per heavy atom. The van der Waals surface area contributed by atoms with Crippen LogP contribution in [0.1, 0.15) is 57.8 Å². The number of rotatable bonds is 2. The molecule has 0 aromatic heterocycles. The normalized spacial score (nSPS) is 35.8. The monoisotopic (exact) mass is 195 g/mol. The summed E-state index contributed by atoms with van der Waals surface area (Å²) >= 11 is 0. The number of hydrogen-bond donors (Lipinski definition) is 1. The summed E-state index contributed by atoms with van der Waals surface area (Å²) in [7, 11) is 0. The number of hydrogen-bond acceptors (Lipinski definition) is 1. The lowest BCUT2D eigenvalue weighted by Crippen LogP contribution is -2.26. The van der Waals surface area contributed by atoms with Gasteiger partial charge < -0.3 is 5.73 Å². The third kappa shape index (κ3) is 2.50. The molecule has 14 heavy (non-hydrogen) atoms. The first kappa shape index (κ1) is 10.5. The van der Waals surface area contributed by atoms with Crippen LogP contribution < -0.4 is 5.73 Å². The van der Waals surface area contributed by atoms with E-state index in [0.717, 1.165) is 24.3 Å². The summed E-state index contributed by atoms with van der Waals surface area (Å²) in [5.74, 6) is 3.01. The van der Waals surface area contributed by atoms with Gasteiger partial charge in [0.2, 0.25) is 0 Å². The zero-order valence-electron chi connectivity index (χ0n) is 9.38. The second-order valence-electron chi connectivity index (χ2n) is 5.41. The summed E-state index contributed by atoms with van der Waals surface area (Å²) < 4.78 is 0. The second-order valence-corrected chi connectivity index (χ2v) is 5.41. The van der Waals surface area contributed by atoms with Crippen molar-refractivity contribution in [1.82, 2.24) is 0 Å². The van der Waals surface area contributed by atoms with Gasteiger partial charge in [0, 0.05) is 0 Å². The fourth-order valence-corrected chi connectivity index (χ4v) is 3.50. The zero-order chi connectivity index (χ0) is 9.80. The predicted octanol–water partition coefficient (Wildman–Crippen LogP) is 3.33. The van der Waals surface area contributed by atoms with Crippen molar-refractivity contribution >= 4 is 0 Å². The molecule has 2 aliphatic carbocycles. The van der Waals surface area contributed by atoms with E-state index in [4.69, 9.17) is 5.73 Å². The molecule has 0 spiro atoms. The Labute approximate surface area is 88.4 Å². The van der Waals surface area contributed by atoms with E-state index in [1.54, 1.807) is 0 Å². The van der Waals surface area contributed by atoms with E-state index in [9.17, 15) is 0 Å². The minimum atomic E-state index is 0.856. The fraction of sp³-hybridized carbons (Fsp3) is 1.00. The molecule has 1 heteroatoms. The van der Waals surface area contributed by atoms with Crippen LogP contribution in [0.3, 0.4) is 0 Å². The van der Waals surface area contributed by atoms with Crippen molar-refractivity contribution in [3.63, 3.8) is 0 Å². The summed E-state index contributed by atoms with van der Waals surface area (Å²) in [5, 5.41) is 0. The van der Waals surface area contributed by atoms with Crippen molar-refractivity contribution in [3.05, 3.63) is 0 Å². The van der Waals surface area contributed by atoms with Gasteiger partial charge >= 0.3 is 0 Å². The molecule has 0 amide bonds. The van der Waals surface area contributed by atoms with Gasteiger partial charge in [-0.25, -0.2) is 0 Å². The van der Waals surface area contributed by atoms with E-state index in [1.165, 1.54) is 57.8 Å². The molecule has 0 radical (unpaired) electrons. The SMILES string of the molecule is NCC1CCC(C2CCCCC2)CC1. The summed E-state index contributed by atoms with van der Waals surface area (Å²) in [5.41, 5.74) is 5.73. The Morgan fingerprint density at radius 1 is 0.714 bits per heavy atom. The van der Waals surface area contributed by atoms with Crippen molar-refractivity contribution in [2.75, 3.05) is 6.54 Å². The molecule has 2 N–H and O–H groups in total. The molecule has 2 fully saturated rings. The van der Waals surface area contributed by atoms with Gasteiger partial charge in [-0.2, -0.15) is 0 Å². The highest BCUT2D eigenvalue weighted by Gasteiger charge is 2.27. The van der Waals surface area contributed by atoms with Crippen LogP contribution in [0.15, 0.2) is 0 Å². The van der Waals surface area contributed by atoms with Gasteiger partial charge in [0.1, 0.15) is 0 Å². The van der Waals surface area contributed by atoms with Crippen molar-refractivity contribution in [1.29, 1.82) is 0 Å². The van der Waals surface area contributed by atoms with Gasteiger partial charge in [-0.3, -0.25) is 0 Å². The molecule has 2 saturated carbocycles. The van der Waals surface area contributed by atoms with Crippen LogP contribution in [0.5, 0.6) is 0 Å². The first-order valence-electron chi connectivity index (χ1n) is 6.60. The van der Waals surface area contributed by atoms with Crippen molar-refractivity contribution < 1.29 is 0 Å².